The Balaban J connectivity index is 2.28. The van der Waals surface area contributed by atoms with Gasteiger partial charge in [0.2, 0.25) is 0 Å². The van der Waals surface area contributed by atoms with E-state index in [1.807, 2.05) is 0 Å². The number of halogens is 1. The molecule has 1 fully saturated rings. The van der Waals surface area contributed by atoms with Crippen LogP contribution < -0.4 is 0 Å². The van der Waals surface area contributed by atoms with Crippen LogP contribution in [-0.2, 0) is 11.3 Å². The van der Waals surface area contributed by atoms with E-state index in [2.05, 4.69) is 0 Å². The second-order valence-corrected chi connectivity index (χ2v) is 4.46. The third kappa shape index (κ3) is 2.70. The number of likely N-dealkylation sites (tertiary alicyclic amines) is 1. The number of rotatable bonds is 4. The molecular weight excluding hydrogens is 255 g/mol. The Morgan fingerprint density at radius 1 is 1.58 bits per heavy atom. The maximum Gasteiger partial charge on any atom is 0.320 e. The molecule has 6 nitrogen and oxygen atoms in total. The van der Waals surface area contributed by atoms with Crippen molar-refractivity contribution < 1.29 is 19.2 Å². The molecule has 0 spiro atoms. The fraction of sp³-hybridized carbons (Fsp3) is 0.417. The van der Waals surface area contributed by atoms with Crippen LogP contribution in [0.5, 0.6) is 0 Å². The zero-order chi connectivity index (χ0) is 14.0. The molecule has 1 aromatic rings. The first-order valence-corrected chi connectivity index (χ1v) is 5.89. The van der Waals surface area contributed by atoms with Crippen molar-refractivity contribution in [3.63, 3.8) is 0 Å². The summed E-state index contributed by atoms with van der Waals surface area (Å²) in [5, 5.41) is 19.9. The first-order valence-electron chi connectivity index (χ1n) is 5.89. The summed E-state index contributed by atoms with van der Waals surface area (Å²) in [6.45, 7) is 0.447. The number of hydrogen-bond acceptors (Lipinski definition) is 4. The molecule has 0 bridgehead atoms. The lowest BCUT2D eigenvalue weighted by Gasteiger charge is -2.21. The summed E-state index contributed by atoms with van der Waals surface area (Å²) in [7, 11) is 0. The molecule has 0 aliphatic carbocycles. The monoisotopic (exact) mass is 268 g/mol. The minimum absolute atomic E-state index is 0.0550. The Hall–Kier alpha value is -2.02. The van der Waals surface area contributed by atoms with Crippen LogP contribution in [0.2, 0.25) is 0 Å². The molecule has 0 amide bonds. The number of benzene rings is 1. The van der Waals surface area contributed by atoms with Crippen molar-refractivity contribution in [3.8, 4) is 0 Å². The van der Waals surface area contributed by atoms with Gasteiger partial charge in [-0.2, -0.15) is 0 Å². The van der Waals surface area contributed by atoms with Gasteiger partial charge in [0.25, 0.3) is 5.69 Å². The Labute approximate surface area is 108 Å². The molecule has 1 N–H and O–H groups in total. The lowest BCUT2D eigenvalue weighted by atomic mass is 10.1. The van der Waals surface area contributed by atoms with Gasteiger partial charge in [0, 0.05) is 12.6 Å². The molecule has 0 unspecified atom stereocenters. The van der Waals surface area contributed by atoms with E-state index in [4.69, 9.17) is 5.11 Å². The van der Waals surface area contributed by atoms with Crippen LogP contribution in [0.1, 0.15) is 18.4 Å². The first-order chi connectivity index (χ1) is 9.00. The van der Waals surface area contributed by atoms with Crippen LogP contribution in [-0.4, -0.2) is 33.5 Å². The van der Waals surface area contributed by atoms with Crippen LogP contribution in [0.15, 0.2) is 18.2 Å². The van der Waals surface area contributed by atoms with Crippen molar-refractivity contribution in [2.75, 3.05) is 6.54 Å². The Morgan fingerprint density at radius 2 is 2.32 bits per heavy atom. The smallest absolute Gasteiger partial charge is 0.320 e. The predicted octanol–water partition coefficient (Wildman–Crippen LogP) is 1.78. The van der Waals surface area contributed by atoms with Crippen molar-refractivity contribution in [1.82, 2.24) is 4.90 Å². The van der Waals surface area contributed by atoms with E-state index in [-0.39, 0.29) is 17.8 Å². The summed E-state index contributed by atoms with van der Waals surface area (Å²) >= 11 is 0. The van der Waals surface area contributed by atoms with Gasteiger partial charge in [0.15, 0.2) is 0 Å². The van der Waals surface area contributed by atoms with Gasteiger partial charge < -0.3 is 5.11 Å². The molecular formula is C12H13FN2O4. The second kappa shape index (κ2) is 5.31. The van der Waals surface area contributed by atoms with Gasteiger partial charge in [-0.15, -0.1) is 0 Å². The number of carboxylic acids is 1. The number of nitrogens with zero attached hydrogens (tertiary/aromatic N) is 2. The lowest BCUT2D eigenvalue weighted by Crippen LogP contribution is -2.35. The summed E-state index contributed by atoms with van der Waals surface area (Å²) in [6, 6.07) is 2.95. The first kappa shape index (κ1) is 13.4. The summed E-state index contributed by atoms with van der Waals surface area (Å²) in [5.41, 5.74) is -0.364. The number of nitro benzene ring substituents is 1. The minimum atomic E-state index is -0.975. The van der Waals surface area contributed by atoms with Gasteiger partial charge in [-0.05, 0) is 25.5 Å². The molecule has 0 radical (unpaired) electrons. The topological polar surface area (TPSA) is 83.7 Å². The maximum atomic E-state index is 13.7. The van der Waals surface area contributed by atoms with Crippen LogP contribution in [0.3, 0.4) is 0 Å². The predicted molar refractivity (Wildman–Crippen MR) is 64.1 cm³/mol. The van der Waals surface area contributed by atoms with E-state index in [9.17, 15) is 19.3 Å². The van der Waals surface area contributed by atoms with Gasteiger partial charge in [0.1, 0.15) is 11.9 Å². The highest BCUT2D eigenvalue weighted by Gasteiger charge is 2.32. The fourth-order valence-electron chi connectivity index (χ4n) is 2.37. The lowest BCUT2D eigenvalue weighted by molar-refractivity contribution is -0.386. The van der Waals surface area contributed by atoms with E-state index < -0.39 is 22.8 Å². The van der Waals surface area contributed by atoms with Crippen molar-refractivity contribution in [3.05, 3.63) is 39.7 Å². The van der Waals surface area contributed by atoms with Crippen LogP contribution in [0.25, 0.3) is 0 Å². The molecule has 1 aromatic carbocycles. The van der Waals surface area contributed by atoms with Crippen molar-refractivity contribution >= 4 is 11.7 Å². The Kier molecular flexibility index (Phi) is 3.75. The summed E-state index contributed by atoms with van der Waals surface area (Å²) < 4.78 is 13.7. The van der Waals surface area contributed by atoms with E-state index in [0.717, 1.165) is 6.07 Å². The Morgan fingerprint density at radius 3 is 2.95 bits per heavy atom. The average Bonchev–Trinajstić information content (AvgIpc) is 2.79. The molecule has 1 heterocycles. The van der Waals surface area contributed by atoms with Crippen LogP contribution in [0.4, 0.5) is 10.1 Å². The van der Waals surface area contributed by atoms with Gasteiger partial charge in [-0.25, -0.2) is 4.39 Å². The number of carbonyl (C=O) groups is 1. The Bertz CT molecular complexity index is 520. The van der Waals surface area contributed by atoms with E-state index in [1.165, 1.54) is 12.1 Å². The SMILES string of the molecule is O=C(O)[C@@H]1CCCN1Cc1c(F)cccc1[N+](=O)[O-]. The van der Waals surface area contributed by atoms with Gasteiger partial charge in [0.05, 0.1) is 10.5 Å². The normalized spacial score (nSPS) is 19.5. The molecule has 1 aliphatic rings. The fourth-order valence-corrected chi connectivity index (χ4v) is 2.37. The third-order valence-corrected chi connectivity index (χ3v) is 3.30. The second-order valence-electron chi connectivity index (χ2n) is 4.46. The van der Waals surface area contributed by atoms with Crippen molar-refractivity contribution in [2.24, 2.45) is 0 Å². The number of carboxylic acid groups (broad SMARTS) is 1. The molecule has 0 saturated carbocycles. The number of aliphatic carboxylic acids is 1. The van der Waals surface area contributed by atoms with Crippen molar-refractivity contribution in [2.45, 2.75) is 25.4 Å². The highest BCUT2D eigenvalue weighted by molar-refractivity contribution is 5.73. The quantitative estimate of drug-likeness (QED) is 0.664. The van der Waals surface area contributed by atoms with E-state index in [0.29, 0.717) is 19.4 Å². The van der Waals surface area contributed by atoms with Gasteiger partial charge in [-0.3, -0.25) is 19.8 Å². The average molecular weight is 268 g/mol. The maximum absolute atomic E-state index is 13.7. The standard InChI is InChI=1S/C12H13FN2O4/c13-9-3-1-4-10(15(18)19)8(9)7-14-6-2-5-11(14)12(16)17/h1,3-4,11H,2,5-7H2,(H,16,17)/t11-/m0/s1. The summed E-state index contributed by atoms with van der Waals surface area (Å²) in [5.74, 6) is -1.65. The molecule has 102 valence electrons. The van der Waals surface area contributed by atoms with Gasteiger partial charge >= 0.3 is 5.97 Å². The van der Waals surface area contributed by atoms with Crippen LogP contribution in [0, 0.1) is 15.9 Å². The zero-order valence-electron chi connectivity index (χ0n) is 10.1. The molecule has 2 rings (SSSR count). The molecule has 0 aromatic heterocycles. The van der Waals surface area contributed by atoms with Crippen molar-refractivity contribution in [1.29, 1.82) is 0 Å². The van der Waals surface area contributed by atoms with Gasteiger partial charge in [-0.1, -0.05) is 6.07 Å². The van der Waals surface area contributed by atoms with E-state index in [1.54, 1.807) is 4.90 Å². The zero-order valence-corrected chi connectivity index (χ0v) is 10.1. The van der Waals surface area contributed by atoms with E-state index >= 15 is 0 Å². The summed E-state index contributed by atoms with van der Waals surface area (Å²) in [4.78, 5) is 22.8. The number of hydrogen-bond donors (Lipinski definition) is 1. The highest BCUT2D eigenvalue weighted by atomic mass is 19.1. The molecule has 1 atom stereocenters. The molecule has 19 heavy (non-hydrogen) atoms. The number of nitro groups is 1. The molecule has 1 aliphatic heterocycles. The van der Waals surface area contributed by atoms with Crippen LogP contribution >= 0.6 is 0 Å². The molecule has 7 heteroatoms. The highest BCUT2D eigenvalue weighted by Crippen LogP contribution is 2.27. The molecule has 1 saturated heterocycles. The largest absolute Gasteiger partial charge is 0.480 e. The minimum Gasteiger partial charge on any atom is -0.480 e. The third-order valence-electron chi connectivity index (χ3n) is 3.30. The summed E-state index contributed by atoms with van der Waals surface area (Å²) in [6.07, 6.45) is 1.18.